The number of benzene rings is 1. The van der Waals surface area contributed by atoms with Crippen molar-refractivity contribution in [2.45, 2.75) is 32.8 Å². The fraction of sp³-hybridized carbons (Fsp3) is 0.500. The summed E-state index contributed by atoms with van der Waals surface area (Å²) in [6, 6.07) is 5.62. The van der Waals surface area contributed by atoms with Crippen molar-refractivity contribution in [1.29, 1.82) is 0 Å². The highest BCUT2D eigenvalue weighted by molar-refractivity contribution is 6.42. The molecule has 0 saturated heterocycles. The first kappa shape index (κ1) is 12.8. The summed E-state index contributed by atoms with van der Waals surface area (Å²) in [6.07, 6.45) is 1.39. The van der Waals surface area contributed by atoms with Crippen LogP contribution in [0.5, 0.6) is 0 Å². The van der Waals surface area contributed by atoms with Gasteiger partial charge in [0.05, 0.1) is 16.1 Å². The van der Waals surface area contributed by atoms with Gasteiger partial charge < -0.3 is 5.11 Å². The van der Waals surface area contributed by atoms with Crippen LogP contribution in [-0.4, -0.2) is 11.2 Å². The van der Waals surface area contributed by atoms with Crippen molar-refractivity contribution in [1.82, 2.24) is 0 Å². The first-order chi connectivity index (χ1) is 7.06. The van der Waals surface area contributed by atoms with Gasteiger partial charge in [-0.25, -0.2) is 0 Å². The van der Waals surface area contributed by atoms with E-state index in [1.165, 1.54) is 0 Å². The van der Waals surface area contributed by atoms with Crippen molar-refractivity contribution in [3.8, 4) is 0 Å². The Morgan fingerprint density at radius 3 is 2.53 bits per heavy atom. The Morgan fingerprint density at radius 2 is 2.00 bits per heavy atom. The van der Waals surface area contributed by atoms with Gasteiger partial charge in [0.1, 0.15) is 0 Å². The zero-order valence-corrected chi connectivity index (χ0v) is 10.5. The minimum Gasteiger partial charge on any atom is -0.393 e. The summed E-state index contributed by atoms with van der Waals surface area (Å²) < 4.78 is 0. The highest BCUT2D eigenvalue weighted by Crippen LogP contribution is 2.28. The predicted octanol–water partition coefficient (Wildman–Crippen LogP) is 3.94. The molecule has 1 N–H and O–H groups in total. The zero-order valence-electron chi connectivity index (χ0n) is 9.00. The van der Waals surface area contributed by atoms with E-state index in [-0.39, 0.29) is 12.0 Å². The number of hydrogen-bond donors (Lipinski definition) is 1. The van der Waals surface area contributed by atoms with E-state index in [2.05, 4.69) is 6.92 Å². The van der Waals surface area contributed by atoms with Crippen LogP contribution in [0.15, 0.2) is 18.2 Å². The van der Waals surface area contributed by atoms with Gasteiger partial charge in [-0.1, -0.05) is 48.7 Å². The minimum atomic E-state index is -0.315. The lowest BCUT2D eigenvalue weighted by atomic mass is 9.92. The third-order valence-electron chi connectivity index (χ3n) is 2.72. The van der Waals surface area contributed by atoms with E-state index in [0.29, 0.717) is 10.0 Å². The second kappa shape index (κ2) is 5.74. The van der Waals surface area contributed by atoms with Crippen molar-refractivity contribution in [3.05, 3.63) is 33.8 Å². The molecule has 1 aromatic rings. The van der Waals surface area contributed by atoms with E-state index >= 15 is 0 Å². The number of aliphatic hydroxyl groups excluding tert-OH is 1. The lowest BCUT2D eigenvalue weighted by Crippen LogP contribution is -2.18. The molecule has 0 spiro atoms. The smallest absolute Gasteiger partial charge is 0.0624 e. The van der Waals surface area contributed by atoms with Crippen LogP contribution in [0.2, 0.25) is 10.0 Å². The molecule has 1 aromatic carbocycles. The summed E-state index contributed by atoms with van der Waals surface area (Å²) in [5.74, 6) is 0.237. The summed E-state index contributed by atoms with van der Waals surface area (Å²) in [7, 11) is 0. The first-order valence-electron chi connectivity index (χ1n) is 5.17. The average Bonchev–Trinajstić information content (AvgIpc) is 2.19. The van der Waals surface area contributed by atoms with Crippen LogP contribution in [0.4, 0.5) is 0 Å². The van der Waals surface area contributed by atoms with Gasteiger partial charge >= 0.3 is 0 Å². The van der Waals surface area contributed by atoms with Crippen molar-refractivity contribution < 1.29 is 5.11 Å². The maximum absolute atomic E-state index is 9.56. The predicted molar refractivity (Wildman–Crippen MR) is 65.6 cm³/mol. The van der Waals surface area contributed by atoms with Gasteiger partial charge in [-0.15, -0.1) is 0 Å². The van der Waals surface area contributed by atoms with E-state index in [4.69, 9.17) is 23.2 Å². The second-order valence-electron chi connectivity index (χ2n) is 3.83. The van der Waals surface area contributed by atoms with Crippen LogP contribution in [0, 0.1) is 5.92 Å². The Balaban J connectivity index is 2.84. The van der Waals surface area contributed by atoms with Gasteiger partial charge in [-0.05, 0) is 30.9 Å². The van der Waals surface area contributed by atoms with Gasteiger partial charge in [-0.2, -0.15) is 0 Å². The molecule has 0 aliphatic carbocycles. The van der Waals surface area contributed by atoms with Gasteiger partial charge in [0.2, 0.25) is 0 Å². The molecule has 15 heavy (non-hydrogen) atoms. The molecule has 84 valence electrons. The molecule has 0 radical (unpaired) electrons. The van der Waals surface area contributed by atoms with Crippen molar-refractivity contribution in [2.24, 2.45) is 5.92 Å². The number of aliphatic hydroxyl groups is 1. The lowest BCUT2D eigenvalue weighted by Gasteiger charge is -2.18. The summed E-state index contributed by atoms with van der Waals surface area (Å²) in [4.78, 5) is 0. The quantitative estimate of drug-likeness (QED) is 0.854. The van der Waals surface area contributed by atoms with Crippen LogP contribution >= 0.6 is 23.2 Å². The van der Waals surface area contributed by atoms with E-state index in [9.17, 15) is 5.11 Å². The third kappa shape index (κ3) is 3.37. The largest absolute Gasteiger partial charge is 0.393 e. The average molecular weight is 247 g/mol. The first-order valence-corrected chi connectivity index (χ1v) is 5.92. The monoisotopic (exact) mass is 246 g/mol. The molecule has 0 fully saturated rings. The maximum Gasteiger partial charge on any atom is 0.0624 e. The van der Waals surface area contributed by atoms with Gasteiger partial charge in [-0.3, -0.25) is 0 Å². The van der Waals surface area contributed by atoms with Crippen LogP contribution in [0.25, 0.3) is 0 Å². The van der Waals surface area contributed by atoms with E-state index in [1.807, 2.05) is 19.1 Å². The summed E-state index contributed by atoms with van der Waals surface area (Å²) in [5.41, 5.74) is 1.01. The molecular weight excluding hydrogens is 231 g/mol. The van der Waals surface area contributed by atoms with Crippen molar-refractivity contribution >= 4 is 23.2 Å². The summed E-state index contributed by atoms with van der Waals surface area (Å²) in [6.45, 7) is 3.88. The molecule has 0 aromatic heterocycles. The number of halogens is 2. The van der Waals surface area contributed by atoms with Crippen molar-refractivity contribution in [2.75, 3.05) is 0 Å². The van der Waals surface area contributed by atoms with Crippen LogP contribution in [0.1, 0.15) is 25.8 Å². The molecule has 1 rings (SSSR count). The number of rotatable bonds is 4. The summed E-state index contributed by atoms with van der Waals surface area (Å²) >= 11 is 12.0. The standard InChI is InChI=1S/C12H16Cl2O/c1-3-9(8(2)15)7-10-5-4-6-11(13)12(10)14/h4-6,8-9,15H,3,7H2,1-2H3. The molecular formula is C12H16Cl2O. The Kier molecular flexibility index (Phi) is 4.91. The molecule has 1 nitrogen and oxygen atoms in total. The third-order valence-corrected chi connectivity index (χ3v) is 3.58. The van der Waals surface area contributed by atoms with Crippen LogP contribution in [-0.2, 0) is 6.42 Å². The highest BCUT2D eigenvalue weighted by Gasteiger charge is 2.15. The van der Waals surface area contributed by atoms with Gasteiger partial charge in [0, 0.05) is 0 Å². The van der Waals surface area contributed by atoms with E-state index < -0.39 is 0 Å². The Labute approximate surface area is 101 Å². The molecule has 0 amide bonds. The molecule has 0 saturated carbocycles. The minimum absolute atomic E-state index is 0.237. The Morgan fingerprint density at radius 1 is 1.33 bits per heavy atom. The molecule has 0 aliphatic heterocycles. The topological polar surface area (TPSA) is 20.2 Å². The summed E-state index contributed by atoms with van der Waals surface area (Å²) in [5, 5.41) is 10.7. The fourth-order valence-corrected chi connectivity index (χ4v) is 2.04. The molecule has 2 unspecified atom stereocenters. The highest BCUT2D eigenvalue weighted by atomic mass is 35.5. The zero-order chi connectivity index (χ0) is 11.4. The normalized spacial score (nSPS) is 15.0. The Bertz CT molecular complexity index is 323. The van der Waals surface area contributed by atoms with Gasteiger partial charge in [0.25, 0.3) is 0 Å². The molecule has 3 heteroatoms. The number of hydrogen-bond acceptors (Lipinski definition) is 1. The van der Waals surface area contributed by atoms with Crippen LogP contribution in [0.3, 0.4) is 0 Å². The fourth-order valence-electron chi connectivity index (χ4n) is 1.64. The molecule has 0 bridgehead atoms. The molecule has 2 atom stereocenters. The maximum atomic E-state index is 9.56. The molecule has 0 aliphatic rings. The second-order valence-corrected chi connectivity index (χ2v) is 4.61. The van der Waals surface area contributed by atoms with E-state index in [1.54, 1.807) is 6.07 Å². The van der Waals surface area contributed by atoms with E-state index in [0.717, 1.165) is 18.4 Å². The van der Waals surface area contributed by atoms with Gasteiger partial charge in [0.15, 0.2) is 0 Å². The van der Waals surface area contributed by atoms with Crippen molar-refractivity contribution in [3.63, 3.8) is 0 Å². The SMILES string of the molecule is CCC(Cc1cccc(Cl)c1Cl)C(C)O. The Hall–Kier alpha value is -0.240. The van der Waals surface area contributed by atoms with Crippen LogP contribution < -0.4 is 0 Å². The lowest BCUT2D eigenvalue weighted by molar-refractivity contribution is 0.123. The molecule has 0 heterocycles.